The summed E-state index contributed by atoms with van der Waals surface area (Å²) in [5.74, 6) is 1.96. The van der Waals surface area contributed by atoms with Gasteiger partial charge < -0.3 is 10.4 Å². The van der Waals surface area contributed by atoms with Crippen molar-refractivity contribution in [2.75, 3.05) is 18.9 Å². The molecule has 0 radical (unpaired) electrons. The van der Waals surface area contributed by atoms with Crippen LogP contribution in [-0.2, 0) is 6.54 Å². The van der Waals surface area contributed by atoms with E-state index in [-0.39, 0.29) is 6.61 Å². The standard InChI is InChI=1S/C15H24BrNOS/c1-11(2)7-17-8-13-4-5-15(14(16)6-13)19-10-12(3)9-18/h4-6,11-12,17-18H,7-10H2,1-3H3. The van der Waals surface area contributed by atoms with Gasteiger partial charge in [0.1, 0.15) is 0 Å². The monoisotopic (exact) mass is 345 g/mol. The lowest BCUT2D eigenvalue weighted by molar-refractivity contribution is 0.250. The summed E-state index contributed by atoms with van der Waals surface area (Å²) in [6.45, 7) is 8.69. The van der Waals surface area contributed by atoms with Gasteiger partial charge in [0.05, 0.1) is 0 Å². The van der Waals surface area contributed by atoms with Gasteiger partial charge in [-0.3, -0.25) is 0 Å². The van der Waals surface area contributed by atoms with E-state index in [0.29, 0.717) is 11.8 Å². The number of thioether (sulfide) groups is 1. The number of hydrogen-bond acceptors (Lipinski definition) is 3. The Balaban J connectivity index is 2.49. The highest BCUT2D eigenvalue weighted by atomic mass is 79.9. The summed E-state index contributed by atoms with van der Waals surface area (Å²) in [7, 11) is 0. The van der Waals surface area contributed by atoms with Crippen molar-refractivity contribution in [1.82, 2.24) is 5.32 Å². The van der Waals surface area contributed by atoms with Gasteiger partial charge in [-0.1, -0.05) is 26.8 Å². The van der Waals surface area contributed by atoms with Gasteiger partial charge in [-0.05, 0) is 52.0 Å². The average Bonchev–Trinajstić information content (AvgIpc) is 2.37. The van der Waals surface area contributed by atoms with Crippen molar-refractivity contribution >= 4 is 27.7 Å². The summed E-state index contributed by atoms with van der Waals surface area (Å²) in [6, 6.07) is 6.51. The van der Waals surface area contributed by atoms with Crippen molar-refractivity contribution < 1.29 is 5.11 Å². The first-order valence-electron chi connectivity index (χ1n) is 6.75. The van der Waals surface area contributed by atoms with E-state index in [0.717, 1.165) is 23.3 Å². The van der Waals surface area contributed by atoms with Crippen LogP contribution >= 0.6 is 27.7 Å². The second kappa shape index (κ2) is 9.01. The first-order valence-corrected chi connectivity index (χ1v) is 8.53. The predicted octanol–water partition coefficient (Wildman–Crippen LogP) is 3.92. The van der Waals surface area contributed by atoms with Gasteiger partial charge in [0, 0.05) is 28.3 Å². The maximum atomic E-state index is 9.03. The smallest absolute Gasteiger partial charge is 0.0464 e. The first-order chi connectivity index (χ1) is 9.02. The van der Waals surface area contributed by atoms with Gasteiger partial charge in [-0.2, -0.15) is 0 Å². The molecule has 0 amide bonds. The van der Waals surface area contributed by atoms with Crippen LogP contribution in [0.1, 0.15) is 26.3 Å². The van der Waals surface area contributed by atoms with E-state index in [4.69, 9.17) is 5.11 Å². The van der Waals surface area contributed by atoms with Crippen molar-refractivity contribution in [2.24, 2.45) is 11.8 Å². The summed E-state index contributed by atoms with van der Waals surface area (Å²) >= 11 is 5.42. The van der Waals surface area contributed by atoms with Crippen LogP contribution < -0.4 is 5.32 Å². The molecule has 1 aromatic carbocycles. The number of rotatable bonds is 8. The molecule has 0 aliphatic rings. The third-order valence-electron chi connectivity index (χ3n) is 2.71. The van der Waals surface area contributed by atoms with E-state index in [1.807, 2.05) is 0 Å². The molecule has 2 N–H and O–H groups in total. The van der Waals surface area contributed by atoms with E-state index in [2.05, 4.69) is 60.2 Å². The predicted molar refractivity (Wildman–Crippen MR) is 87.7 cm³/mol. The summed E-state index contributed by atoms with van der Waals surface area (Å²) in [5.41, 5.74) is 1.30. The molecule has 0 spiro atoms. The van der Waals surface area contributed by atoms with Crippen LogP contribution in [0.2, 0.25) is 0 Å². The fraction of sp³-hybridized carbons (Fsp3) is 0.600. The Kier molecular flexibility index (Phi) is 8.07. The third kappa shape index (κ3) is 6.80. The van der Waals surface area contributed by atoms with E-state index in [9.17, 15) is 0 Å². The zero-order chi connectivity index (χ0) is 14.3. The fourth-order valence-electron chi connectivity index (χ4n) is 1.56. The van der Waals surface area contributed by atoms with Crippen molar-refractivity contribution in [1.29, 1.82) is 0 Å². The molecular weight excluding hydrogens is 322 g/mol. The Morgan fingerprint density at radius 1 is 1.32 bits per heavy atom. The minimum atomic E-state index is 0.252. The second-order valence-corrected chi connectivity index (χ2v) is 7.30. The topological polar surface area (TPSA) is 32.3 Å². The number of benzene rings is 1. The molecule has 1 atom stereocenters. The SMILES string of the molecule is CC(C)CNCc1ccc(SCC(C)CO)c(Br)c1. The van der Waals surface area contributed by atoms with Gasteiger partial charge in [0.2, 0.25) is 0 Å². The third-order valence-corrected chi connectivity index (χ3v) is 5.03. The quantitative estimate of drug-likeness (QED) is 0.700. The van der Waals surface area contributed by atoms with Crippen molar-refractivity contribution in [3.8, 4) is 0 Å². The van der Waals surface area contributed by atoms with Crippen LogP contribution in [0.25, 0.3) is 0 Å². The van der Waals surface area contributed by atoms with Gasteiger partial charge in [-0.15, -0.1) is 11.8 Å². The van der Waals surface area contributed by atoms with Crippen LogP contribution in [0, 0.1) is 11.8 Å². The molecule has 4 heteroatoms. The minimum absolute atomic E-state index is 0.252. The molecule has 19 heavy (non-hydrogen) atoms. The number of aliphatic hydroxyl groups excluding tert-OH is 1. The average molecular weight is 346 g/mol. The van der Waals surface area contributed by atoms with Gasteiger partial charge in [0.15, 0.2) is 0 Å². The summed E-state index contributed by atoms with van der Waals surface area (Å²) in [5, 5.41) is 12.5. The number of nitrogens with one attached hydrogen (secondary N) is 1. The van der Waals surface area contributed by atoms with Crippen LogP contribution in [-0.4, -0.2) is 24.0 Å². The highest BCUT2D eigenvalue weighted by Gasteiger charge is 2.06. The Bertz CT molecular complexity index is 384. The molecule has 0 fully saturated rings. The van der Waals surface area contributed by atoms with Crippen LogP contribution in [0.15, 0.2) is 27.6 Å². The molecular formula is C15H24BrNOS. The molecule has 0 heterocycles. The Morgan fingerprint density at radius 3 is 2.63 bits per heavy atom. The molecule has 0 saturated heterocycles. The van der Waals surface area contributed by atoms with Crippen molar-refractivity contribution in [2.45, 2.75) is 32.2 Å². The van der Waals surface area contributed by atoms with Gasteiger partial charge in [0.25, 0.3) is 0 Å². The van der Waals surface area contributed by atoms with Crippen molar-refractivity contribution in [3.05, 3.63) is 28.2 Å². The fourth-order valence-corrected chi connectivity index (χ4v) is 3.26. The molecule has 2 nitrogen and oxygen atoms in total. The van der Waals surface area contributed by atoms with Crippen molar-refractivity contribution in [3.63, 3.8) is 0 Å². The molecule has 0 aromatic heterocycles. The number of aliphatic hydroxyl groups is 1. The lowest BCUT2D eigenvalue weighted by atomic mass is 10.2. The molecule has 0 aliphatic carbocycles. The summed E-state index contributed by atoms with van der Waals surface area (Å²) in [4.78, 5) is 1.24. The summed E-state index contributed by atoms with van der Waals surface area (Å²) < 4.78 is 1.14. The second-order valence-electron chi connectivity index (χ2n) is 5.39. The van der Waals surface area contributed by atoms with Crippen LogP contribution in [0.5, 0.6) is 0 Å². The minimum Gasteiger partial charge on any atom is -0.396 e. The molecule has 1 aromatic rings. The number of hydrogen-bond donors (Lipinski definition) is 2. The largest absolute Gasteiger partial charge is 0.396 e. The maximum absolute atomic E-state index is 9.03. The molecule has 108 valence electrons. The lowest BCUT2D eigenvalue weighted by Gasteiger charge is -2.11. The van der Waals surface area contributed by atoms with E-state index >= 15 is 0 Å². The highest BCUT2D eigenvalue weighted by Crippen LogP contribution is 2.29. The highest BCUT2D eigenvalue weighted by molar-refractivity contribution is 9.10. The first kappa shape index (κ1) is 17.0. The van der Waals surface area contributed by atoms with E-state index < -0.39 is 0 Å². The molecule has 1 unspecified atom stereocenters. The Hall–Kier alpha value is -0.0300. The zero-order valence-electron chi connectivity index (χ0n) is 11.9. The molecule has 1 rings (SSSR count). The normalized spacial score (nSPS) is 12.9. The molecule has 0 saturated carbocycles. The zero-order valence-corrected chi connectivity index (χ0v) is 14.4. The van der Waals surface area contributed by atoms with Gasteiger partial charge in [-0.25, -0.2) is 0 Å². The lowest BCUT2D eigenvalue weighted by Crippen LogP contribution is -2.18. The van der Waals surface area contributed by atoms with E-state index in [1.165, 1.54) is 10.5 Å². The Labute approximate surface area is 129 Å². The molecule has 0 bridgehead atoms. The maximum Gasteiger partial charge on any atom is 0.0464 e. The van der Waals surface area contributed by atoms with Crippen LogP contribution in [0.3, 0.4) is 0 Å². The number of halogens is 1. The summed E-state index contributed by atoms with van der Waals surface area (Å²) in [6.07, 6.45) is 0. The van der Waals surface area contributed by atoms with Crippen LogP contribution in [0.4, 0.5) is 0 Å². The Morgan fingerprint density at radius 2 is 2.05 bits per heavy atom. The molecule has 0 aliphatic heterocycles. The van der Waals surface area contributed by atoms with Gasteiger partial charge >= 0.3 is 0 Å². The van der Waals surface area contributed by atoms with E-state index in [1.54, 1.807) is 11.8 Å².